The summed E-state index contributed by atoms with van der Waals surface area (Å²) in [6, 6.07) is 3.38. The van der Waals surface area contributed by atoms with E-state index >= 15 is 0 Å². The third-order valence-corrected chi connectivity index (χ3v) is 1.98. The van der Waals surface area contributed by atoms with Crippen LogP contribution < -0.4 is 0 Å². The van der Waals surface area contributed by atoms with E-state index in [4.69, 9.17) is 4.74 Å². The largest absolute Gasteiger partial charge is 0.458 e. The molecular weight excluding hydrogens is 217 g/mol. The number of carbonyl (C=O) groups excluding carboxylic acids is 1. The molecule has 0 saturated carbocycles. The van der Waals surface area contributed by atoms with E-state index in [2.05, 4.69) is 0 Å². The van der Waals surface area contributed by atoms with Gasteiger partial charge in [-0.2, -0.15) is 4.39 Å². The summed E-state index contributed by atoms with van der Waals surface area (Å²) in [5.41, 5.74) is -0.250. The monoisotopic (exact) mass is 227 g/mol. The fraction of sp³-hybridized carbons (Fsp3) is 0.300. The first-order valence-electron chi connectivity index (χ1n) is 4.53. The number of esters is 1. The van der Waals surface area contributed by atoms with Crippen molar-refractivity contribution in [1.29, 1.82) is 0 Å². The first kappa shape index (κ1) is 12.1. The van der Waals surface area contributed by atoms with Crippen LogP contribution in [0.4, 0.5) is 10.1 Å². The second-order valence-corrected chi connectivity index (χ2v) is 3.22. The second-order valence-electron chi connectivity index (χ2n) is 3.22. The molecule has 86 valence electrons. The number of halogens is 1. The molecule has 0 aliphatic rings. The SMILES string of the molecule is CC(=O)OC(C)c1ccc(F)c([N+](=O)[O-])c1. The van der Waals surface area contributed by atoms with E-state index in [1.165, 1.54) is 13.0 Å². The molecule has 1 aromatic rings. The maximum absolute atomic E-state index is 13.0. The molecule has 0 N–H and O–H groups in total. The van der Waals surface area contributed by atoms with E-state index in [1.807, 2.05) is 0 Å². The van der Waals surface area contributed by atoms with Crippen molar-refractivity contribution in [2.45, 2.75) is 20.0 Å². The maximum Gasteiger partial charge on any atom is 0.305 e. The van der Waals surface area contributed by atoms with Gasteiger partial charge in [0.2, 0.25) is 5.82 Å². The van der Waals surface area contributed by atoms with Gasteiger partial charge in [0, 0.05) is 13.0 Å². The molecule has 0 bridgehead atoms. The van der Waals surface area contributed by atoms with Gasteiger partial charge in [-0.05, 0) is 18.6 Å². The number of rotatable bonds is 3. The predicted octanol–water partition coefficient (Wildman–Crippen LogP) is 2.36. The minimum atomic E-state index is -0.913. The minimum absolute atomic E-state index is 0.378. The smallest absolute Gasteiger partial charge is 0.305 e. The summed E-state index contributed by atoms with van der Waals surface area (Å²) in [5.74, 6) is -1.41. The molecule has 1 aromatic carbocycles. The standard InChI is InChI=1S/C10H10FNO4/c1-6(16-7(2)13)8-3-4-9(11)10(5-8)12(14)15/h3-6H,1-2H3. The van der Waals surface area contributed by atoms with Gasteiger partial charge in [-0.1, -0.05) is 6.07 Å². The Kier molecular flexibility index (Phi) is 3.55. The van der Waals surface area contributed by atoms with Gasteiger partial charge >= 0.3 is 11.7 Å². The van der Waals surface area contributed by atoms with Gasteiger partial charge in [-0.25, -0.2) is 0 Å². The van der Waals surface area contributed by atoms with Crippen LogP contribution >= 0.6 is 0 Å². The van der Waals surface area contributed by atoms with Crippen molar-refractivity contribution in [2.75, 3.05) is 0 Å². The number of nitrogens with zero attached hydrogens (tertiary/aromatic N) is 1. The molecule has 6 heteroatoms. The molecule has 5 nitrogen and oxygen atoms in total. The highest BCUT2D eigenvalue weighted by molar-refractivity contribution is 5.66. The van der Waals surface area contributed by atoms with Crippen LogP contribution in [0.2, 0.25) is 0 Å². The molecule has 16 heavy (non-hydrogen) atoms. The highest BCUT2D eigenvalue weighted by Crippen LogP contribution is 2.24. The molecule has 0 aliphatic carbocycles. The van der Waals surface area contributed by atoms with Crippen molar-refractivity contribution in [3.8, 4) is 0 Å². The first-order valence-corrected chi connectivity index (χ1v) is 4.53. The van der Waals surface area contributed by atoms with Crippen molar-refractivity contribution in [3.63, 3.8) is 0 Å². The first-order chi connectivity index (χ1) is 7.41. The van der Waals surface area contributed by atoms with Crippen LogP contribution in [0, 0.1) is 15.9 Å². The third kappa shape index (κ3) is 2.75. The Bertz CT molecular complexity index is 433. The van der Waals surface area contributed by atoms with Gasteiger partial charge in [0.1, 0.15) is 6.10 Å². The number of hydrogen-bond donors (Lipinski definition) is 0. The summed E-state index contributed by atoms with van der Waals surface area (Å²) < 4.78 is 17.8. The van der Waals surface area contributed by atoms with Crippen LogP contribution in [0.5, 0.6) is 0 Å². The minimum Gasteiger partial charge on any atom is -0.458 e. The van der Waals surface area contributed by atoms with Crippen LogP contribution in [0.15, 0.2) is 18.2 Å². The predicted molar refractivity (Wildman–Crippen MR) is 53.2 cm³/mol. The summed E-state index contributed by atoms with van der Waals surface area (Å²) in [4.78, 5) is 20.3. The highest BCUT2D eigenvalue weighted by atomic mass is 19.1. The van der Waals surface area contributed by atoms with Gasteiger partial charge in [0.15, 0.2) is 0 Å². The number of nitro benzene ring substituents is 1. The van der Waals surface area contributed by atoms with E-state index in [1.54, 1.807) is 6.92 Å². The molecule has 1 rings (SSSR count). The maximum atomic E-state index is 13.0. The zero-order valence-electron chi connectivity index (χ0n) is 8.77. The Morgan fingerprint density at radius 2 is 2.19 bits per heavy atom. The van der Waals surface area contributed by atoms with E-state index in [0.717, 1.165) is 12.1 Å². The molecule has 0 saturated heterocycles. The highest BCUT2D eigenvalue weighted by Gasteiger charge is 2.17. The lowest BCUT2D eigenvalue weighted by molar-refractivity contribution is -0.387. The Morgan fingerprint density at radius 1 is 1.56 bits per heavy atom. The summed E-state index contributed by atoms with van der Waals surface area (Å²) in [7, 11) is 0. The van der Waals surface area contributed by atoms with E-state index in [9.17, 15) is 19.3 Å². The topological polar surface area (TPSA) is 69.4 Å². The number of nitro groups is 1. The lowest BCUT2D eigenvalue weighted by Gasteiger charge is -2.11. The van der Waals surface area contributed by atoms with Crippen molar-refractivity contribution >= 4 is 11.7 Å². The van der Waals surface area contributed by atoms with Crippen molar-refractivity contribution in [3.05, 3.63) is 39.7 Å². The van der Waals surface area contributed by atoms with E-state index in [0.29, 0.717) is 5.56 Å². The summed E-state index contributed by atoms with van der Waals surface area (Å²) >= 11 is 0. The van der Waals surface area contributed by atoms with Crippen LogP contribution in [0.3, 0.4) is 0 Å². The average Bonchev–Trinajstić information content (AvgIpc) is 2.16. The lowest BCUT2D eigenvalue weighted by Crippen LogP contribution is -2.05. The molecule has 0 aromatic heterocycles. The van der Waals surface area contributed by atoms with Crippen LogP contribution in [0.1, 0.15) is 25.5 Å². The molecule has 0 fully saturated rings. The molecule has 0 amide bonds. The number of carbonyl (C=O) groups is 1. The summed E-state index contributed by atoms with van der Waals surface area (Å²) in [6.07, 6.45) is -0.642. The summed E-state index contributed by atoms with van der Waals surface area (Å²) in [5, 5.41) is 10.5. The third-order valence-electron chi connectivity index (χ3n) is 1.98. The zero-order valence-corrected chi connectivity index (χ0v) is 8.77. The lowest BCUT2D eigenvalue weighted by atomic mass is 10.1. The fourth-order valence-electron chi connectivity index (χ4n) is 1.24. The van der Waals surface area contributed by atoms with Crippen molar-refractivity contribution in [1.82, 2.24) is 0 Å². The number of benzene rings is 1. The normalized spacial score (nSPS) is 11.9. The molecular formula is C10H10FNO4. The summed E-state index contributed by atoms with van der Waals surface area (Å²) in [6.45, 7) is 2.78. The van der Waals surface area contributed by atoms with Gasteiger partial charge in [0.25, 0.3) is 0 Å². The molecule has 0 aliphatic heterocycles. The van der Waals surface area contributed by atoms with Gasteiger partial charge in [-0.15, -0.1) is 0 Å². The van der Waals surface area contributed by atoms with Gasteiger partial charge in [0.05, 0.1) is 4.92 Å². The second kappa shape index (κ2) is 4.69. The van der Waals surface area contributed by atoms with Gasteiger partial charge in [-0.3, -0.25) is 14.9 Å². The zero-order chi connectivity index (χ0) is 12.3. The van der Waals surface area contributed by atoms with E-state index in [-0.39, 0.29) is 0 Å². The molecule has 0 spiro atoms. The van der Waals surface area contributed by atoms with Crippen molar-refractivity contribution < 1.29 is 18.8 Å². The molecule has 0 radical (unpaired) electrons. The Labute approximate surface area is 91.0 Å². The van der Waals surface area contributed by atoms with E-state index < -0.39 is 28.5 Å². The van der Waals surface area contributed by atoms with Crippen molar-refractivity contribution in [2.24, 2.45) is 0 Å². The Balaban J connectivity index is 3.02. The van der Waals surface area contributed by atoms with Crippen LogP contribution in [-0.4, -0.2) is 10.9 Å². The fourth-order valence-corrected chi connectivity index (χ4v) is 1.24. The van der Waals surface area contributed by atoms with Gasteiger partial charge < -0.3 is 4.74 Å². The molecule has 1 unspecified atom stereocenters. The Hall–Kier alpha value is -1.98. The Morgan fingerprint density at radius 3 is 2.69 bits per heavy atom. The van der Waals surface area contributed by atoms with Crippen LogP contribution in [-0.2, 0) is 9.53 Å². The van der Waals surface area contributed by atoms with Crippen LogP contribution in [0.25, 0.3) is 0 Å². The average molecular weight is 227 g/mol. The quantitative estimate of drug-likeness (QED) is 0.451. The molecule has 0 heterocycles. The molecule has 1 atom stereocenters. The number of hydrogen-bond acceptors (Lipinski definition) is 4. The number of ether oxygens (including phenoxy) is 1.